The molecule has 0 atom stereocenters. The average molecular weight is 409 g/mol. The average Bonchev–Trinajstić information content (AvgIpc) is 2.92. The number of allylic oxidation sites excluding steroid dienone is 1. The van der Waals surface area contributed by atoms with Gasteiger partial charge in [0, 0.05) is 11.6 Å². The zero-order valence-electron chi connectivity index (χ0n) is 14.1. The molecule has 26 heavy (non-hydrogen) atoms. The Bertz CT molecular complexity index is 1110. The fourth-order valence-electron chi connectivity index (χ4n) is 2.45. The van der Waals surface area contributed by atoms with Crippen molar-refractivity contribution in [3.63, 3.8) is 0 Å². The molecule has 0 amide bonds. The summed E-state index contributed by atoms with van der Waals surface area (Å²) in [6, 6.07) is 11.6. The van der Waals surface area contributed by atoms with Gasteiger partial charge in [0.25, 0.3) is 10.0 Å². The van der Waals surface area contributed by atoms with E-state index < -0.39 is 10.0 Å². The van der Waals surface area contributed by atoms with Crippen molar-refractivity contribution < 1.29 is 13.2 Å². The smallest absolute Gasteiger partial charge is 0.285 e. The summed E-state index contributed by atoms with van der Waals surface area (Å²) in [6.07, 6.45) is 1.70. The molecule has 0 aliphatic heterocycles. The molecule has 1 heterocycles. The van der Waals surface area contributed by atoms with Crippen molar-refractivity contribution in [2.75, 3.05) is 6.61 Å². The number of aromatic nitrogens is 1. The monoisotopic (exact) mass is 408 g/mol. The van der Waals surface area contributed by atoms with Gasteiger partial charge in [-0.3, -0.25) is 0 Å². The third-order valence-electron chi connectivity index (χ3n) is 3.59. The number of rotatable bonds is 6. The van der Waals surface area contributed by atoms with Gasteiger partial charge in [-0.05, 0) is 49.4 Å². The number of benzene rings is 2. The first-order chi connectivity index (χ1) is 12.4. The maximum atomic E-state index is 12.6. The molecule has 2 aromatic carbocycles. The highest BCUT2D eigenvalue weighted by molar-refractivity contribution is 7.90. The van der Waals surface area contributed by atoms with Gasteiger partial charge in [0.2, 0.25) is 4.80 Å². The number of halogens is 1. The second-order valence-corrected chi connectivity index (χ2v) is 8.42. The van der Waals surface area contributed by atoms with Crippen LogP contribution < -0.4 is 9.54 Å². The summed E-state index contributed by atoms with van der Waals surface area (Å²) in [5, 5.41) is 0.469. The fraction of sp³-hybridized carbons (Fsp3) is 0.167. The Morgan fingerprint density at radius 3 is 2.65 bits per heavy atom. The van der Waals surface area contributed by atoms with Crippen molar-refractivity contribution in [1.29, 1.82) is 0 Å². The molecule has 0 radical (unpaired) electrons. The second kappa shape index (κ2) is 7.65. The Kier molecular flexibility index (Phi) is 5.50. The van der Waals surface area contributed by atoms with E-state index >= 15 is 0 Å². The molecular formula is C18H17ClN2O3S2. The van der Waals surface area contributed by atoms with Crippen LogP contribution in [0.3, 0.4) is 0 Å². The van der Waals surface area contributed by atoms with Crippen LogP contribution in [0.15, 0.2) is 64.4 Å². The molecule has 0 unspecified atom stereocenters. The first kappa shape index (κ1) is 18.7. The van der Waals surface area contributed by atoms with E-state index in [4.69, 9.17) is 16.3 Å². The topological polar surface area (TPSA) is 60.7 Å². The van der Waals surface area contributed by atoms with E-state index in [0.717, 1.165) is 16.0 Å². The van der Waals surface area contributed by atoms with Gasteiger partial charge in [0.05, 0.1) is 21.7 Å². The van der Waals surface area contributed by atoms with E-state index in [1.54, 1.807) is 6.08 Å². The van der Waals surface area contributed by atoms with Crippen LogP contribution in [0.2, 0.25) is 5.02 Å². The summed E-state index contributed by atoms with van der Waals surface area (Å²) in [5.41, 5.74) is 0.878. The molecular weight excluding hydrogens is 392 g/mol. The second-order valence-electron chi connectivity index (χ2n) is 5.37. The Balaban J connectivity index is 2.18. The van der Waals surface area contributed by atoms with Crippen LogP contribution in [-0.2, 0) is 16.6 Å². The molecule has 8 heteroatoms. The van der Waals surface area contributed by atoms with Crippen LogP contribution in [0, 0.1) is 0 Å². The summed E-state index contributed by atoms with van der Waals surface area (Å²) in [7, 11) is -3.85. The van der Waals surface area contributed by atoms with Crippen molar-refractivity contribution in [3.8, 4) is 5.75 Å². The molecule has 0 saturated heterocycles. The van der Waals surface area contributed by atoms with Crippen LogP contribution in [-0.4, -0.2) is 19.6 Å². The van der Waals surface area contributed by atoms with Gasteiger partial charge in [0.1, 0.15) is 5.75 Å². The predicted molar refractivity (Wildman–Crippen MR) is 105 cm³/mol. The lowest BCUT2D eigenvalue weighted by Crippen LogP contribution is -2.16. The van der Waals surface area contributed by atoms with Gasteiger partial charge in [-0.15, -0.1) is 11.0 Å². The molecule has 3 rings (SSSR count). The molecule has 1 aromatic heterocycles. The van der Waals surface area contributed by atoms with E-state index in [2.05, 4.69) is 11.0 Å². The summed E-state index contributed by atoms with van der Waals surface area (Å²) < 4.78 is 37.6. The lowest BCUT2D eigenvalue weighted by atomic mass is 10.3. The number of thiazole rings is 1. The van der Waals surface area contributed by atoms with Crippen molar-refractivity contribution >= 4 is 43.2 Å². The highest BCUT2D eigenvalue weighted by Crippen LogP contribution is 2.24. The Hall–Kier alpha value is -2.09. The Morgan fingerprint density at radius 2 is 2.00 bits per heavy atom. The summed E-state index contributed by atoms with van der Waals surface area (Å²) >= 11 is 7.12. The number of ether oxygens (including phenoxy) is 1. The molecule has 0 aliphatic carbocycles. The minimum Gasteiger partial charge on any atom is -0.494 e. The van der Waals surface area contributed by atoms with Crippen LogP contribution in [0.4, 0.5) is 0 Å². The zero-order valence-corrected chi connectivity index (χ0v) is 16.4. The minimum absolute atomic E-state index is 0.0968. The van der Waals surface area contributed by atoms with Crippen molar-refractivity contribution in [1.82, 2.24) is 4.57 Å². The van der Waals surface area contributed by atoms with Gasteiger partial charge in [-0.1, -0.05) is 29.0 Å². The Morgan fingerprint density at radius 1 is 1.27 bits per heavy atom. The summed E-state index contributed by atoms with van der Waals surface area (Å²) in [5.74, 6) is 0.735. The summed E-state index contributed by atoms with van der Waals surface area (Å²) in [6.45, 7) is 6.67. The number of sulfonamides is 1. The first-order valence-electron chi connectivity index (χ1n) is 7.88. The lowest BCUT2D eigenvalue weighted by molar-refractivity contribution is 0.341. The largest absolute Gasteiger partial charge is 0.494 e. The zero-order chi connectivity index (χ0) is 18.7. The van der Waals surface area contributed by atoms with Gasteiger partial charge >= 0.3 is 0 Å². The van der Waals surface area contributed by atoms with Gasteiger partial charge < -0.3 is 9.30 Å². The number of nitrogens with zero attached hydrogens (tertiary/aromatic N) is 2. The van der Waals surface area contributed by atoms with Gasteiger partial charge in [-0.2, -0.15) is 8.42 Å². The number of hydrogen-bond donors (Lipinski definition) is 0. The first-order valence-corrected chi connectivity index (χ1v) is 10.5. The molecule has 0 saturated carbocycles. The van der Waals surface area contributed by atoms with Crippen LogP contribution in [0.5, 0.6) is 5.75 Å². The van der Waals surface area contributed by atoms with Crippen molar-refractivity contribution in [2.24, 2.45) is 4.40 Å². The van der Waals surface area contributed by atoms with E-state index in [-0.39, 0.29) is 4.90 Å². The van der Waals surface area contributed by atoms with E-state index in [9.17, 15) is 8.42 Å². The predicted octanol–water partition coefficient (Wildman–Crippen LogP) is 4.23. The third-order valence-corrected chi connectivity index (χ3v) is 6.28. The SMILES string of the molecule is C=CCn1c(=NS(=O)(=O)c2ccc(Cl)cc2)sc2cc(OCC)ccc21. The summed E-state index contributed by atoms with van der Waals surface area (Å²) in [4.78, 5) is 0.475. The number of fused-ring (bicyclic) bond motifs is 1. The van der Waals surface area contributed by atoms with E-state index in [1.807, 2.05) is 29.7 Å². The van der Waals surface area contributed by atoms with E-state index in [1.165, 1.54) is 35.6 Å². The molecule has 0 N–H and O–H groups in total. The lowest BCUT2D eigenvalue weighted by Gasteiger charge is -2.04. The molecule has 0 fully saturated rings. The van der Waals surface area contributed by atoms with Crippen LogP contribution in [0.1, 0.15) is 6.92 Å². The van der Waals surface area contributed by atoms with Crippen LogP contribution in [0.25, 0.3) is 10.2 Å². The van der Waals surface area contributed by atoms with Gasteiger partial charge in [0.15, 0.2) is 0 Å². The molecule has 3 aromatic rings. The normalized spacial score (nSPS) is 12.5. The maximum absolute atomic E-state index is 12.6. The van der Waals surface area contributed by atoms with Crippen LogP contribution >= 0.6 is 22.9 Å². The highest BCUT2D eigenvalue weighted by atomic mass is 35.5. The maximum Gasteiger partial charge on any atom is 0.285 e. The standard InChI is InChI=1S/C18H17ClN2O3S2/c1-3-11-21-16-10-7-14(24-4-2)12-17(16)25-18(21)20-26(22,23)15-8-5-13(19)6-9-15/h3,5-10,12H,1,4,11H2,2H3. The van der Waals surface area contributed by atoms with E-state index in [0.29, 0.717) is 23.0 Å². The minimum atomic E-state index is -3.85. The van der Waals surface area contributed by atoms with Crippen molar-refractivity contribution in [3.05, 3.63) is 64.9 Å². The molecule has 0 aliphatic rings. The van der Waals surface area contributed by atoms with Gasteiger partial charge in [-0.25, -0.2) is 0 Å². The van der Waals surface area contributed by atoms with Crippen molar-refractivity contribution in [2.45, 2.75) is 18.4 Å². The Labute approximate surface area is 160 Å². The highest BCUT2D eigenvalue weighted by Gasteiger charge is 2.15. The quantitative estimate of drug-likeness (QED) is 0.573. The third kappa shape index (κ3) is 3.85. The molecule has 0 spiro atoms. The molecule has 136 valence electrons. The number of hydrogen-bond acceptors (Lipinski definition) is 4. The molecule has 0 bridgehead atoms. The fourth-order valence-corrected chi connectivity index (χ4v) is 4.84. The molecule has 5 nitrogen and oxygen atoms in total.